The average molecular weight is 182 g/mol. The zero-order chi connectivity index (χ0) is 9.31. The molecule has 2 rings (SSSR count). The lowest BCUT2D eigenvalue weighted by Crippen LogP contribution is -2.16. The van der Waals surface area contributed by atoms with Crippen LogP contribution < -0.4 is 0 Å². The minimum atomic E-state index is 0.0232. The second-order valence-corrected chi connectivity index (χ2v) is 5.55. The Morgan fingerprint density at radius 1 is 1.23 bits per heavy atom. The number of rotatable bonds is 2. The van der Waals surface area contributed by atoms with Crippen LogP contribution in [0.3, 0.4) is 0 Å². The van der Waals surface area contributed by atoms with Gasteiger partial charge in [0.1, 0.15) is 0 Å². The van der Waals surface area contributed by atoms with Crippen molar-refractivity contribution in [2.75, 3.05) is 0 Å². The third-order valence-corrected chi connectivity index (χ3v) is 4.11. The molecule has 0 aromatic heterocycles. The predicted octanol–water partition coefficient (Wildman–Crippen LogP) is 3.12. The molecular weight excluding hydrogens is 160 g/mol. The maximum atomic E-state index is 9.46. The third-order valence-electron chi connectivity index (χ3n) is 4.11. The SMILES string of the molecule is CC1(CC2CCC(O)C2)CCCC1. The Kier molecular flexibility index (Phi) is 2.64. The number of aliphatic hydroxyl groups is 1. The molecule has 2 fully saturated rings. The summed E-state index contributed by atoms with van der Waals surface area (Å²) in [6.07, 6.45) is 10.5. The van der Waals surface area contributed by atoms with Crippen LogP contribution >= 0.6 is 0 Å². The molecule has 0 aromatic rings. The highest BCUT2D eigenvalue weighted by molar-refractivity contribution is 4.86. The van der Waals surface area contributed by atoms with Crippen molar-refractivity contribution in [2.45, 2.75) is 64.4 Å². The molecular formula is C12H22O. The van der Waals surface area contributed by atoms with Crippen LogP contribution in [0.1, 0.15) is 58.3 Å². The summed E-state index contributed by atoms with van der Waals surface area (Å²) in [4.78, 5) is 0. The summed E-state index contributed by atoms with van der Waals surface area (Å²) in [6, 6.07) is 0. The van der Waals surface area contributed by atoms with Gasteiger partial charge in [-0.3, -0.25) is 0 Å². The van der Waals surface area contributed by atoms with E-state index in [4.69, 9.17) is 0 Å². The summed E-state index contributed by atoms with van der Waals surface area (Å²) in [6.45, 7) is 2.45. The fraction of sp³-hybridized carbons (Fsp3) is 1.00. The zero-order valence-corrected chi connectivity index (χ0v) is 8.76. The van der Waals surface area contributed by atoms with E-state index in [0.717, 1.165) is 18.8 Å². The van der Waals surface area contributed by atoms with Crippen molar-refractivity contribution in [3.8, 4) is 0 Å². The molecule has 1 N–H and O–H groups in total. The van der Waals surface area contributed by atoms with Gasteiger partial charge in [-0.05, 0) is 49.9 Å². The lowest BCUT2D eigenvalue weighted by atomic mass is 9.79. The van der Waals surface area contributed by atoms with Crippen LogP contribution in [-0.4, -0.2) is 11.2 Å². The van der Waals surface area contributed by atoms with Gasteiger partial charge in [0.25, 0.3) is 0 Å². The highest BCUT2D eigenvalue weighted by Crippen LogP contribution is 2.45. The first-order chi connectivity index (χ1) is 6.18. The Labute approximate surface area is 81.5 Å². The van der Waals surface area contributed by atoms with Gasteiger partial charge in [-0.25, -0.2) is 0 Å². The van der Waals surface area contributed by atoms with Crippen LogP contribution in [0.5, 0.6) is 0 Å². The minimum Gasteiger partial charge on any atom is -0.393 e. The summed E-state index contributed by atoms with van der Waals surface area (Å²) in [5.74, 6) is 0.832. The molecule has 0 heterocycles. The standard InChI is InChI=1S/C12H22O/c1-12(6-2-3-7-12)9-10-4-5-11(13)8-10/h10-11,13H,2-9H2,1H3. The first-order valence-electron chi connectivity index (χ1n) is 5.86. The number of hydrogen-bond acceptors (Lipinski definition) is 1. The number of hydrogen-bond donors (Lipinski definition) is 1. The van der Waals surface area contributed by atoms with Gasteiger partial charge in [-0.2, -0.15) is 0 Å². The van der Waals surface area contributed by atoms with Crippen LogP contribution in [0.2, 0.25) is 0 Å². The second-order valence-electron chi connectivity index (χ2n) is 5.55. The van der Waals surface area contributed by atoms with Crippen LogP contribution in [0, 0.1) is 11.3 Å². The van der Waals surface area contributed by atoms with E-state index in [9.17, 15) is 5.11 Å². The summed E-state index contributed by atoms with van der Waals surface area (Å²) < 4.78 is 0. The minimum absolute atomic E-state index is 0.0232. The lowest BCUT2D eigenvalue weighted by molar-refractivity contribution is 0.168. The van der Waals surface area contributed by atoms with Crippen LogP contribution in [0.25, 0.3) is 0 Å². The van der Waals surface area contributed by atoms with Gasteiger partial charge in [0.2, 0.25) is 0 Å². The van der Waals surface area contributed by atoms with Crippen molar-refractivity contribution in [1.29, 1.82) is 0 Å². The molecule has 0 aromatic carbocycles. The zero-order valence-electron chi connectivity index (χ0n) is 8.76. The maximum Gasteiger partial charge on any atom is 0.0543 e. The molecule has 0 saturated heterocycles. The van der Waals surface area contributed by atoms with Crippen molar-refractivity contribution in [3.05, 3.63) is 0 Å². The molecule has 13 heavy (non-hydrogen) atoms. The summed E-state index contributed by atoms with van der Waals surface area (Å²) >= 11 is 0. The molecule has 0 aliphatic heterocycles. The Hall–Kier alpha value is -0.0400. The monoisotopic (exact) mass is 182 g/mol. The molecule has 76 valence electrons. The van der Waals surface area contributed by atoms with Crippen LogP contribution in [0.15, 0.2) is 0 Å². The predicted molar refractivity (Wildman–Crippen MR) is 54.5 cm³/mol. The summed E-state index contributed by atoms with van der Waals surface area (Å²) in [7, 11) is 0. The smallest absolute Gasteiger partial charge is 0.0543 e. The highest BCUT2D eigenvalue weighted by Gasteiger charge is 2.34. The van der Waals surface area contributed by atoms with Gasteiger partial charge < -0.3 is 5.11 Å². The van der Waals surface area contributed by atoms with E-state index in [-0.39, 0.29) is 6.10 Å². The molecule has 2 unspecified atom stereocenters. The molecule has 2 aliphatic carbocycles. The molecule has 0 amide bonds. The van der Waals surface area contributed by atoms with Crippen molar-refractivity contribution < 1.29 is 5.11 Å². The molecule has 1 heteroatoms. The molecule has 0 bridgehead atoms. The second kappa shape index (κ2) is 3.61. The van der Waals surface area contributed by atoms with E-state index in [1.807, 2.05) is 0 Å². The number of aliphatic hydroxyl groups excluding tert-OH is 1. The summed E-state index contributed by atoms with van der Waals surface area (Å²) in [5.41, 5.74) is 0.634. The Morgan fingerprint density at radius 3 is 2.46 bits per heavy atom. The molecule has 1 nitrogen and oxygen atoms in total. The first-order valence-corrected chi connectivity index (χ1v) is 5.86. The van der Waals surface area contributed by atoms with E-state index in [2.05, 4.69) is 6.92 Å². The van der Waals surface area contributed by atoms with Crippen molar-refractivity contribution in [3.63, 3.8) is 0 Å². The molecule has 0 spiro atoms. The van der Waals surface area contributed by atoms with Gasteiger partial charge in [0, 0.05) is 0 Å². The van der Waals surface area contributed by atoms with Gasteiger partial charge in [-0.15, -0.1) is 0 Å². The van der Waals surface area contributed by atoms with Gasteiger partial charge in [0.15, 0.2) is 0 Å². The van der Waals surface area contributed by atoms with Gasteiger partial charge in [0.05, 0.1) is 6.10 Å². The highest BCUT2D eigenvalue weighted by atomic mass is 16.3. The van der Waals surface area contributed by atoms with Gasteiger partial charge >= 0.3 is 0 Å². The van der Waals surface area contributed by atoms with Crippen molar-refractivity contribution in [1.82, 2.24) is 0 Å². The quantitative estimate of drug-likeness (QED) is 0.695. The van der Waals surface area contributed by atoms with Crippen molar-refractivity contribution >= 4 is 0 Å². The maximum absolute atomic E-state index is 9.46. The third kappa shape index (κ3) is 2.25. The molecule has 0 radical (unpaired) electrons. The van der Waals surface area contributed by atoms with E-state index in [0.29, 0.717) is 5.41 Å². The van der Waals surface area contributed by atoms with E-state index in [1.54, 1.807) is 0 Å². The van der Waals surface area contributed by atoms with E-state index >= 15 is 0 Å². The normalized spacial score (nSPS) is 38.3. The average Bonchev–Trinajstić information content (AvgIpc) is 2.62. The fourth-order valence-corrected chi connectivity index (χ4v) is 3.36. The van der Waals surface area contributed by atoms with E-state index in [1.165, 1.54) is 38.5 Å². The Bertz CT molecular complexity index is 170. The summed E-state index contributed by atoms with van der Waals surface area (Å²) in [5, 5.41) is 9.46. The Morgan fingerprint density at radius 2 is 1.92 bits per heavy atom. The van der Waals surface area contributed by atoms with Gasteiger partial charge in [-0.1, -0.05) is 19.8 Å². The van der Waals surface area contributed by atoms with E-state index < -0.39 is 0 Å². The topological polar surface area (TPSA) is 20.2 Å². The lowest BCUT2D eigenvalue weighted by Gasteiger charge is -2.26. The Balaban J connectivity index is 1.83. The van der Waals surface area contributed by atoms with Crippen LogP contribution in [0.4, 0.5) is 0 Å². The molecule has 2 atom stereocenters. The largest absolute Gasteiger partial charge is 0.393 e. The first kappa shape index (κ1) is 9.51. The fourth-order valence-electron chi connectivity index (χ4n) is 3.36. The van der Waals surface area contributed by atoms with Crippen molar-refractivity contribution in [2.24, 2.45) is 11.3 Å². The molecule has 2 aliphatic rings. The molecule has 2 saturated carbocycles. The van der Waals surface area contributed by atoms with Crippen LogP contribution in [-0.2, 0) is 0 Å².